The molecule has 2 aliphatic heterocycles. The molecule has 1 amide bonds. The molecule has 0 aromatic rings. The lowest BCUT2D eigenvalue weighted by Gasteiger charge is -2.40. The maximum atomic E-state index is 12.3. The van der Waals surface area contributed by atoms with Crippen LogP contribution in [0.1, 0.15) is 40.5 Å². The van der Waals surface area contributed by atoms with Crippen LogP contribution in [0.25, 0.3) is 0 Å². The van der Waals surface area contributed by atoms with Crippen molar-refractivity contribution in [2.45, 2.75) is 58.2 Å². The van der Waals surface area contributed by atoms with E-state index in [1.54, 1.807) is 0 Å². The number of nitrogens with zero attached hydrogens (tertiary/aromatic N) is 2. The van der Waals surface area contributed by atoms with E-state index in [1.807, 2.05) is 32.6 Å². The molecule has 21 heavy (non-hydrogen) atoms. The molecule has 2 fully saturated rings. The van der Waals surface area contributed by atoms with E-state index in [0.29, 0.717) is 26.2 Å². The average Bonchev–Trinajstić information content (AvgIpc) is 2.60. The molecule has 0 aromatic heterocycles. The summed E-state index contributed by atoms with van der Waals surface area (Å²) >= 11 is 0. The Bertz CT molecular complexity index is 391. The SMILES string of the molecule is CCOC(=O)CN1CC2CCC(C1)N2C(=O)OC(C)(C)C. The summed E-state index contributed by atoms with van der Waals surface area (Å²) in [7, 11) is 0. The maximum absolute atomic E-state index is 12.3. The third-order valence-electron chi connectivity index (χ3n) is 3.82. The molecule has 6 heteroatoms. The van der Waals surface area contributed by atoms with Crippen molar-refractivity contribution >= 4 is 12.1 Å². The highest BCUT2D eigenvalue weighted by Gasteiger charge is 2.44. The van der Waals surface area contributed by atoms with Gasteiger partial charge in [0.1, 0.15) is 5.60 Å². The van der Waals surface area contributed by atoms with Crippen LogP contribution in [-0.2, 0) is 14.3 Å². The van der Waals surface area contributed by atoms with Crippen molar-refractivity contribution in [2.24, 2.45) is 0 Å². The van der Waals surface area contributed by atoms with Crippen LogP contribution < -0.4 is 0 Å². The number of amides is 1. The van der Waals surface area contributed by atoms with E-state index in [4.69, 9.17) is 9.47 Å². The normalized spacial score (nSPS) is 25.8. The molecule has 2 rings (SSSR count). The number of hydrogen-bond acceptors (Lipinski definition) is 5. The Kier molecular flexibility index (Phi) is 4.76. The molecule has 0 spiro atoms. The Morgan fingerprint density at radius 2 is 1.71 bits per heavy atom. The highest BCUT2D eigenvalue weighted by Crippen LogP contribution is 2.31. The lowest BCUT2D eigenvalue weighted by atomic mass is 10.2. The van der Waals surface area contributed by atoms with Crippen LogP contribution in [0.15, 0.2) is 0 Å². The average molecular weight is 298 g/mol. The molecular weight excluding hydrogens is 272 g/mol. The number of esters is 1. The number of fused-ring (bicyclic) bond motifs is 2. The molecule has 2 saturated heterocycles. The predicted octanol–water partition coefficient (Wildman–Crippen LogP) is 1.63. The van der Waals surface area contributed by atoms with E-state index < -0.39 is 5.60 Å². The quantitative estimate of drug-likeness (QED) is 0.741. The van der Waals surface area contributed by atoms with Gasteiger partial charge in [-0.25, -0.2) is 4.79 Å². The van der Waals surface area contributed by atoms with Crippen LogP contribution in [0.4, 0.5) is 4.79 Å². The topological polar surface area (TPSA) is 59.1 Å². The predicted molar refractivity (Wildman–Crippen MR) is 78.0 cm³/mol. The van der Waals surface area contributed by atoms with E-state index in [1.165, 1.54) is 0 Å². The van der Waals surface area contributed by atoms with Gasteiger partial charge in [-0.05, 0) is 40.5 Å². The van der Waals surface area contributed by atoms with Gasteiger partial charge in [0.15, 0.2) is 0 Å². The maximum Gasteiger partial charge on any atom is 0.410 e. The van der Waals surface area contributed by atoms with E-state index >= 15 is 0 Å². The van der Waals surface area contributed by atoms with Gasteiger partial charge in [-0.3, -0.25) is 14.6 Å². The fourth-order valence-corrected chi connectivity index (χ4v) is 3.12. The fraction of sp³-hybridized carbons (Fsp3) is 0.867. The molecular formula is C15H26N2O4. The Balaban J connectivity index is 1.93. The number of likely N-dealkylation sites (tertiary alicyclic amines) is 1. The first kappa shape index (κ1) is 16.1. The number of ether oxygens (including phenoxy) is 2. The molecule has 2 unspecified atom stereocenters. The first-order valence-electron chi connectivity index (χ1n) is 7.69. The summed E-state index contributed by atoms with van der Waals surface area (Å²) in [5, 5.41) is 0. The van der Waals surface area contributed by atoms with Gasteiger partial charge >= 0.3 is 12.1 Å². The highest BCUT2D eigenvalue weighted by molar-refractivity contribution is 5.72. The van der Waals surface area contributed by atoms with Crippen molar-refractivity contribution in [3.8, 4) is 0 Å². The summed E-state index contributed by atoms with van der Waals surface area (Å²) in [6, 6.07) is 0.293. The van der Waals surface area contributed by atoms with Gasteiger partial charge in [0.05, 0.1) is 13.2 Å². The zero-order chi connectivity index (χ0) is 15.6. The van der Waals surface area contributed by atoms with Crippen LogP contribution in [0.2, 0.25) is 0 Å². The van der Waals surface area contributed by atoms with Crippen LogP contribution in [0, 0.1) is 0 Å². The summed E-state index contributed by atoms with van der Waals surface area (Å²) in [5.74, 6) is -0.192. The second-order valence-electron chi connectivity index (χ2n) is 6.77. The van der Waals surface area contributed by atoms with Gasteiger partial charge in [-0.1, -0.05) is 0 Å². The van der Waals surface area contributed by atoms with E-state index in [-0.39, 0.29) is 24.1 Å². The molecule has 2 aliphatic rings. The van der Waals surface area contributed by atoms with Crippen molar-refractivity contribution in [3.05, 3.63) is 0 Å². The minimum Gasteiger partial charge on any atom is -0.465 e. The molecule has 6 nitrogen and oxygen atoms in total. The standard InChI is InChI=1S/C15H26N2O4/c1-5-20-13(18)10-16-8-11-6-7-12(9-16)17(11)14(19)21-15(2,3)4/h11-12H,5-10H2,1-4H3. The first-order valence-corrected chi connectivity index (χ1v) is 7.69. The minimum atomic E-state index is -0.474. The number of hydrogen-bond donors (Lipinski definition) is 0. The van der Waals surface area contributed by atoms with E-state index in [0.717, 1.165) is 12.8 Å². The molecule has 0 aliphatic carbocycles. The third-order valence-corrected chi connectivity index (χ3v) is 3.82. The zero-order valence-corrected chi connectivity index (χ0v) is 13.4. The molecule has 120 valence electrons. The molecule has 0 saturated carbocycles. The van der Waals surface area contributed by atoms with E-state index in [9.17, 15) is 9.59 Å². The van der Waals surface area contributed by atoms with E-state index in [2.05, 4.69) is 4.90 Å². The monoisotopic (exact) mass is 298 g/mol. The largest absolute Gasteiger partial charge is 0.465 e. The lowest BCUT2D eigenvalue weighted by Crippen LogP contribution is -2.57. The molecule has 0 aromatic carbocycles. The first-order chi connectivity index (χ1) is 9.80. The Hall–Kier alpha value is -1.30. The summed E-state index contributed by atoms with van der Waals surface area (Å²) in [5.41, 5.74) is -0.474. The Morgan fingerprint density at radius 1 is 1.14 bits per heavy atom. The van der Waals surface area contributed by atoms with Crippen LogP contribution in [0.5, 0.6) is 0 Å². The van der Waals surface area contributed by atoms with Crippen LogP contribution in [-0.4, -0.2) is 65.8 Å². The number of rotatable bonds is 3. The van der Waals surface area contributed by atoms with Crippen molar-refractivity contribution in [2.75, 3.05) is 26.2 Å². The van der Waals surface area contributed by atoms with Gasteiger partial charge in [0, 0.05) is 25.2 Å². The van der Waals surface area contributed by atoms with Gasteiger partial charge in [0.2, 0.25) is 0 Å². The lowest BCUT2D eigenvalue weighted by molar-refractivity contribution is -0.145. The van der Waals surface area contributed by atoms with Gasteiger partial charge < -0.3 is 9.47 Å². The molecule has 2 bridgehead atoms. The Labute approximate surface area is 126 Å². The van der Waals surface area contributed by atoms with Gasteiger partial charge in [-0.15, -0.1) is 0 Å². The van der Waals surface area contributed by atoms with Gasteiger partial charge in [-0.2, -0.15) is 0 Å². The van der Waals surface area contributed by atoms with Crippen molar-refractivity contribution in [1.29, 1.82) is 0 Å². The highest BCUT2D eigenvalue weighted by atomic mass is 16.6. The second kappa shape index (κ2) is 6.22. The van der Waals surface area contributed by atoms with Crippen molar-refractivity contribution in [1.82, 2.24) is 9.80 Å². The van der Waals surface area contributed by atoms with Crippen LogP contribution >= 0.6 is 0 Å². The molecule has 0 radical (unpaired) electrons. The van der Waals surface area contributed by atoms with Crippen molar-refractivity contribution in [3.63, 3.8) is 0 Å². The van der Waals surface area contributed by atoms with Crippen molar-refractivity contribution < 1.29 is 19.1 Å². The summed E-state index contributed by atoms with van der Waals surface area (Å²) in [6.45, 7) is 9.59. The zero-order valence-electron chi connectivity index (χ0n) is 13.4. The molecule has 2 atom stereocenters. The Morgan fingerprint density at radius 3 is 2.19 bits per heavy atom. The van der Waals surface area contributed by atoms with Crippen LogP contribution in [0.3, 0.4) is 0 Å². The van der Waals surface area contributed by atoms with Gasteiger partial charge in [0.25, 0.3) is 0 Å². The summed E-state index contributed by atoms with van der Waals surface area (Å²) in [6.07, 6.45) is 1.72. The molecule has 2 heterocycles. The minimum absolute atomic E-state index is 0.146. The fourth-order valence-electron chi connectivity index (χ4n) is 3.12. The molecule has 0 N–H and O–H groups in total. The summed E-state index contributed by atoms with van der Waals surface area (Å²) < 4.78 is 10.5. The summed E-state index contributed by atoms with van der Waals surface area (Å²) in [4.78, 5) is 27.8. The number of piperazine rings is 1. The second-order valence-corrected chi connectivity index (χ2v) is 6.77. The third kappa shape index (κ3) is 4.09. The number of carbonyl (C=O) groups is 2. The number of carbonyl (C=O) groups excluding carboxylic acids is 2. The smallest absolute Gasteiger partial charge is 0.410 e.